The molecule has 4 aromatic rings. The molecule has 154 valence electrons. The quantitative estimate of drug-likeness (QED) is 0.505. The van der Waals surface area contributed by atoms with Crippen LogP contribution < -0.4 is 5.73 Å². The molecule has 5 nitrogen and oxygen atoms in total. The summed E-state index contributed by atoms with van der Waals surface area (Å²) < 4.78 is 4.51. The highest BCUT2D eigenvalue weighted by Crippen LogP contribution is 2.30. The van der Waals surface area contributed by atoms with Crippen LogP contribution >= 0.6 is 12.2 Å². The van der Waals surface area contributed by atoms with Crippen LogP contribution in [0.3, 0.4) is 0 Å². The van der Waals surface area contributed by atoms with Crippen molar-refractivity contribution < 1.29 is 0 Å². The first-order chi connectivity index (χ1) is 14.6. The van der Waals surface area contributed by atoms with Crippen molar-refractivity contribution in [3.8, 4) is 11.5 Å². The number of nitrogens with two attached hydrogens (primary N) is 1. The van der Waals surface area contributed by atoms with Crippen LogP contribution in [0.4, 0.5) is 0 Å². The Morgan fingerprint density at radius 2 is 2.00 bits per heavy atom. The van der Waals surface area contributed by atoms with E-state index in [4.69, 9.17) is 22.9 Å². The number of likely N-dealkylation sites (tertiary alicyclic amines) is 1. The molecule has 3 heterocycles. The molecular weight excluding hydrogens is 390 g/mol. The fourth-order valence-corrected chi connectivity index (χ4v) is 4.97. The van der Waals surface area contributed by atoms with E-state index in [1.54, 1.807) is 0 Å². The minimum Gasteiger partial charge on any atom is -0.361 e. The van der Waals surface area contributed by atoms with E-state index in [0.717, 1.165) is 65.6 Å². The van der Waals surface area contributed by atoms with E-state index in [1.807, 2.05) is 0 Å². The number of nitrogens with zero attached hydrogens (tertiary/aromatic N) is 4. The van der Waals surface area contributed by atoms with Gasteiger partial charge in [-0.05, 0) is 50.1 Å². The first-order valence-corrected chi connectivity index (χ1v) is 11.1. The number of fused-ring (bicyclic) bond motifs is 2. The lowest BCUT2D eigenvalue weighted by Crippen LogP contribution is -2.45. The van der Waals surface area contributed by atoms with Crippen LogP contribution in [0, 0.1) is 0 Å². The van der Waals surface area contributed by atoms with Gasteiger partial charge in [-0.3, -0.25) is 0 Å². The Labute approximate surface area is 182 Å². The Kier molecular flexibility index (Phi) is 4.83. The average molecular weight is 418 g/mol. The summed E-state index contributed by atoms with van der Waals surface area (Å²) in [6, 6.07) is 17.3. The topological polar surface area (TPSA) is 52.0 Å². The van der Waals surface area contributed by atoms with Crippen LogP contribution in [0.2, 0.25) is 0 Å². The molecule has 0 amide bonds. The number of hydrogen-bond acceptors (Lipinski definition) is 3. The Morgan fingerprint density at radius 3 is 2.80 bits per heavy atom. The van der Waals surface area contributed by atoms with Crippen molar-refractivity contribution in [3.05, 3.63) is 54.1 Å². The molecule has 0 spiro atoms. The molecule has 1 atom stereocenters. The smallest absolute Gasteiger partial charge is 0.157 e. The maximum absolute atomic E-state index is 6.16. The number of benzene rings is 2. The Morgan fingerprint density at radius 1 is 1.17 bits per heavy atom. The molecule has 0 saturated carbocycles. The fourth-order valence-electron chi connectivity index (χ4n) is 4.68. The van der Waals surface area contributed by atoms with E-state index in [-0.39, 0.29) is 6.04 Å². The summed E-state index contributed by atoms with van der Waals surface area (Å²) in [5.74, 6) is 0.978. The molecule has 6 heteroatoms. The molecule has 1 aliphatic heterocycles. The lowest BCUT2D eigenvalue weighted by Gasteiger charge is -2.32. The molecule has 0 aliphatic carbocycles. The maximum Gasteiger partial charge on any atom is 0.157 e. The molecule has 1 unspecified atom stereocenters. The number of piperidine rings is 1. The maximum atomic E-state index is 6.16. The summed E-state index contributed by atoms with van der Waals surface area (Å²) in [4.78, 5) is 8.15. The molecular formula is C24H27N5S. The second kappa shape index (κ2) is 7.52. The predicted octanol–water partition coefficient (Wildman–Crippen LogP) is 4.31. The van der Waals surface area contributed by atoms with Crippen LogP contribution in [0.5, 0.6) is 0 Å². The number of rotatable bonds is 3. The third-order valence-electron chi connectivity index (χ3n) is 6.23. The summed E-state index contributed by atoms with van der Waals surface area (Å²) in [6.07, 6.45) is 2.17. The summed E-state index contributed by atoms with van der Waals surface area (Å²) in [7, 11) is 2.09. The van der Waals surface area contributed by atoms with Crippen molar-refractivity contribution in [3.63, 3.8) is 0 Å². The Bertz CT molecular complexity index is 1250. The normalized spacial score (nSPS) is 17.2. The largest absolute Gasteiger partial charge is 0.361 e. The summed E-state index contributed by atoms with van der Waals surface area (Å²) in [6.45, 7) is 4.89. The van der Waals surface area contributed by atoms with Gasteiger partial charge in [0.15, 0.2) is 5.82 Å². The van der Waals surface area contributed by atoms with E-state index < -0.39 is 0 Å². The van der Waals surface area contributed by atoms with Crippen LogP contribution in [-0.4, -0.2) is 43.1 Å². The van der Waals surface area contributed by atoms with Gasteiger partial charge < -0.3 is 19.8 Å². The zero-order chi connectivity index (χ0) is 20.8. The van der Waals surface area contributed by atoms with Gasteiger partial charge in [-0.1, -0.05) is 30.4 Å². The third kappa shape index (κ3) is 3.11. The van der Waals surface area contributed by atoms with E-state index in [1.165, 1.54) is 10.9 Å². The van der Waals surface area contributed by atoms with Gasteiger partial charge >= 0.3 is 0 Å². The summed E-state index contributed by atoms with van der Waals surface area (Å²) in [5, 5.41) is 1.24. The van der Waals surface area contributed by atoms with Crippen LogP contribution in [0.15, 0.2) is 48.5 Å². The van der Waals surface area contributed by atoms with Gasteiger partial charge in [-0.25, -0.2) is 4.98 Å². The second-order valence-corrected chi connectivity index (χ2v) is 8.57. The number of aromatic nitrogens is 3. The SMILES string of the molecule is CCn1c(-c2nc3cc(C(=S)N4CCCC(N)C4)ccc3n2C)cc2ccccc21. The molecule has 2 aromatic heterocycles. The minimum atomic E-state index is 0.206. The predicted molar refractivity (Wildman–Crippen MR) is 128 cm³/mol. The molecule has 0 bridgehead atoms. The summed E-state index contributed by atoms with van der Waals surface area (Å²) >= 11 is 5.80. The Balaban J connectivity index is 1.57. The summed E-state index contributed by atoms with van der Waals surface area (Å²) in [5.41, 5.74) is 11.7. The zero-order valence-corrected chi connectivity index (χ0v) is 18.3. The molecule has 1 aliphatic rings. The number of aryl methyl sites for hydroxylation is 2. The van der Waals surface area contributed by atoms with E-state index in [9.17, 15) is 0 Å². The van der Waals surface area contributed by atoms with Gasteiger partial charge in [0, 0.05) is 49.2 Å². The highest BCUT2D eigenvalue weighted by molar-refractivity contribution is 7.80. The van der Waals surface area contributed by atoms with Gasteiger partial charge in [-0.15, -0.1) is 0 Å². The lowest BCUT2D eigenvalue weighted by atomic mass is 10.1. The van der Waals surface area contributed by atoms with Gasteiger partial charge in [0.05, 0.1) is 16.7 Å². The van der Waals surface area contributed by atoms with E-state index in [2.05, 4.69) is 76.5 Å². The van der Waals surface area contributed by atoms with Crippen molar-refractivity contribution in [2.75, 3.05) is 13.1 Å². The average Bonchev–Trinajstić information content (AvgIpc) is 3.30. The van der Waals surface area contributed by atoms with Gasteiger partial charge in [-0.2, -0.15) is 0 Å². The molecule has 0 radical (unpaired) electrons. The molecule has 1 saturated heterocycles. The minimum absolute atomic E-state index is 0.206. The molecule has 5 rings (SSSR count). The van der Waals surface area contributed by atoms with Crippen LogP contribution in [0.25, 0.3) is 33.5 Å². The van der Waals surface area contributed by atoms with Crippen LogP contribution in [-0.2, 0) is 13.6 Å². The highest BCUT2D eigenvalue weighted by atomic mass is 32.1. The molecule has 1 fully saturated rings. The second-order valence-electron chi connectivity index (χ2n) is 8.18. The van der Waals surface area contributed by atoms with Crippen molar-refractivity contribution in [2.24, 2.45) is 12.8 Å². The zero-order valence-electron chi connectivity index (χ0n) is 17.5. The lowest BCUT2D eigenvalue weighted by molar-refractivity contribution is 0.314. The molecule has 2 aromatic carbocycles. The van der Waals surface area contributed by atoms with Gasteiger partial charge in [0.2, 0.25) is 0 Å². The molecule has 30 heavy (non-hydrogen) atoms. The fraction of sp³-hybridized carbons (Fsp3) is 0.333. The first kappa shape index (κ1) is 19.3. The van der Waals surface area contributed by atoms with Crippen molar-refractivity contribution in [1.29, 1.82) is 0 Å². The van der Waals surface area contributed by atoms with Crippen molar-refractivity contribution in [1.82, 2.24) is 19.0 Å². The number of hydrogen-bond donors (Lipinski definition) is 1. The third-order valence-corrected chi connectivity index (χ3v) is 6.72. The standard InChI is InChI=1S/C24H27N5S/c1-3-29-20-9-5-4-7-16(20)14-22(29)23-26-19-13-17(10-11-21(19)27(23)2)24(30)28-12-6-8-18(25)15-28/h4-5,7,9-11,13-14,18H,3,6,8,12,15,25H2,1-2H3. The highest BCUT2D eigenvalue weighted by Gasteiger charge is 2.21. The van der Waals surface area contributed by atoms with E-state index >= 15 is 0 Å². The van der Waals surface area contributed by atoms with Crippen molar-refractivity contribution >= 4 is 39.1 Å². The Hall–Kier alpha value is -2.70. The van der Waals surface area contributed by atoms with Crippen molar-refractivity contribution in [2.45, 2.75) is 32.4 Å². The monoisotopic (exact) mass is 417 g/mol. The van der Waals surface area contributed by atoms with Gasteiger partial charge in [0.25, 0.3) is 0 Å². The number of para-hydroxylation sites is 1. The van der Waals surface area contributed by atoms with Crippen LogP contribution in [0.1, 0.15) is 25.3 Å². The molecule has 2 N–H and O–H groups in total. The number of thiocarbonyl (C=S) groups is 1. The van der Waals surface area contributed by atoms with Gasteiger partial charge in [0.1, 0.15) is 4.99 Å². The van der Waals surface area contributed by atoms with E-state index in [0.29, 0.717) is 0 Å². The first-order valence-electron chi connectivity index (χ1n) is 10.7. The number of imidazole rings is 1.